The van der Waals surface area contributed by atoms with Crippen molar-refractivity contribution in [3.63, 3.8) is 0 Å². The Morgan fingerprint density at radius 1 is 1.12 bits per heavy atom. The van der Waals surface area contributed by atoms with Crippen LogP contribution in [-0.4, -0.2) is 60.0 Å². The number of ether oxygens (including phenoxy) is 3. The van der Waals surface area contributed by atoms with Gasteiger partial charge in [-0.25, -0.2) is 9.97 Å². The molecule has 0 unspecified atom stereocenters. The van der Waals surface area contributed by atoms with Crippen LogP contribution in [0.4, 0.5) is 5.95 Å². The highest BCUT2D eigenvalue weighted by atomic mass is 35.5. The van der Waals surface area contributed by atoms with E-state index in [0.717, 1.165) is 10.9 Å². The molecule has 0 amide bonds. The van der Waals surface area contributed by atoms with Crippen LogP contribution >= 0.6 is 11.6 Å². The van der Waals surface area contributed by atoms with Gasteiger partial charge in [0.15, 0.2) is 0 Å². The van der Waals surface area contributed by atoms with Gasteiger partial charge in [-0.3, -0.25) is 4.98 Å². The Morgan fingerprint density at radius 3 is 2.64 bits per heavy atom. The molecule has 0 bridgehead atoms. The lowest BCUT2D eigenvalue weighted by Gasteiger charge is -2.29. The van der Waals surface area contributed by atoms with Crippen LogP contribution in [0, 0.1) is 0 Å². The third-order valence-corrected chi connectivity index (χ3v) is 6.06. The first-order valence-electron chi connectivity index (χ1n) is 10.6. The van der Waals surface area contributed by atoms with Crippen molar-refractivity contribution in [3.05, 3.63) is 48.3 Å². The summed E-state index contributed by atoms with van der Waals surface area (Å²) < 4.78 is 16.4. The molecule has 0 aliphatic carbocycles. The van der Waals surface area contributed by atoms with Crippen LogP contribution in [0.15, 0.2) is 43.2 Å². The molecule has 33 heavy (non-hydrogen) atoms. The summed E-state index contributed by atoms with van der Waals surface area (Å²) in [5.41, 5.74) is 1.90. The van der Waals surface area contributed by atoms with E-state index in [0.29, 0.717) is 46.9 Å². The van der Waals surface area contributed by atoms with Gasteiger partial charge in [0, 0.05) is 28.8 Å². The van der Waals surface area contributed by atoms with E-state index in [4.69, 9.17) is 25.8 Å². The van der Waals surface area contributed by atoms with Crippen LogP contribution in [0.2, 0.25) is 5.02 Å². The molecule has 4 rings (SSSR count). The molecule has 2 N–H and O–H groups in total. The van der Waals surface area contributed by atoms with Crippen LogP contribution in [-0.2, 0) is 4.74 Å². The Morgan fingerprint density at radius 2 is 1.91 bits per heavy atom. The minimum absolute atomic E-state index is 0.0389. The average molecular weight is 470 g/mol. The predicted octanol–water partition coefficient (Wildman–Crippen LogP) is 4.10. The van der Waals surface area contributed by atoms with Gasteiger partial charge in [-0.05, 0) is 26.0 Å². The molecule has 9 heteroatoms. The molecule has 174 valence electrons. The largest absolute Gasteiger partial charge is 0.497 e. The van der Waals surface area contributed by atoms with Gasteiger partial charge < -0.3 is 24.8 Å². The molecule has 1 fully saturated rings. The summed E-state index contributed by atoms with van der Waals surface area (Å²) in [5.74, 6) is 1.67. The van der Waals surface area contributed by atoms with Crippen molar-refractivity contribution < 1.29 is 14.2 Å². The number of fused-ring (bicyclic) bond motifs is 1. The summed E-state index contributed by atoms with van der Waals surface area (Å²) in [5, 5.41) is 8.25. The maximum Gasteiger partial charge on any atom is 0.223 e. The molecule has 8 nitrogen and oxygen atoms in total. The first-order valence-corrected chi connectivity index (χ1v) is 11.0. The van der Waals surface area contributed by atoms with Gasteiger partial charge in [-0.1, -0.05) is 17.7 Å². The van der Waals surface area contributed by atoms with Crippen molar-refractivity contribution in [2.75, 3.05) is 32.8 Å². The number of halogens is 1. The van der Waals surface area contributed by atoms with Crippen molar-refractivity contribution in [3.8, 4) is 22.8 Å². The fourth-order valence-electron chi connectivity index (χ4n) is 3.72. The number of nitrogens with one attached hydrogen (secondary N) is 2. The highest BCUT2D eigenvalue weighted by Crippen LogP contribution is 2.38. The summed E-state index contributed by atoms with van der Waals surface area (Å²) in [6, 6.07) is 5.61. The molecule has 1 saturated heterocycles. The number of aromatic nitrogens is 3. The molecular weight excluding hydrogens is 442 g/mol. The highest BCUT2D eigenvalue weighted by Gasteiger charge is 2.32. The summed E-state index contributed by atoms with van der Waals surface area (Å²) in [7, 11) is 3.16. The molecule has 1 aromatic carbocycles. The smallest absolute Gasteiger partial charge is 0.223 e. The minimum Gasteiger partial charge on any atom is -0.497 e. The Labute approximate surface area is 198 Å². The van der Waals surface area contributed by atoms with E-state index in [1.54, 1.807) is 32.7 Å². The fourth-order valence-corrected chi connectivity index (χ4v) is 4.00. The highest BCUT2D eigenvalue weighted by molar-refractivity contribution is 6.34. The van der Waals surface area contributed by atoms with Gasteiger partial charge in [-0.15, -0.1) is 6.58 Å². The lowest BCUT2D eigenvalue weighted by atomic mass is 10.0. The zero-order chi connectivity index (χ0) is 23.6. The van der Waals surface area contributed by atoms with Crippen LogP contribution in [0.5, 0.6) is 11.5 Å². The van der Waals surface area contributed by atoms with E-state index in [2.05, 4.69) is 46.0 Å². The van der Waals surface area contributed by atoms with Crippen LogP contribution < -0.4 is 20.1 Å². The van der Waals surface area contributed by atoms with Crippen LogP contribution in [0.3, 0.4) is 0 Å². The van der Waals surface area contributed by atoms with Crippen molar-refractivity contribution >= 4 is 28.5 Å². The molecule has 3 heterocycles. The second-order valence-corrected chi connectivity index (χ2v) is 8.86. The number of anilines is 1. The lowest BCUT2D eigenvalue weighted by molar-refractivity contribution is 0.185. The van der Waals surface area contributed by atoms with Gasteiger partial charge >= 0.3 is 0 Å². The quantitative estimate of drug-likeness (QED) is 0.476. The maximum absolute atomic E-state index is 6.53. The number of hydrogen-bond donors (Lipinski definition) is 2. The van der Waals surface area contributed by atoms with E-state index in [-0.39, 0.29) is 17.6 Å². The Balaban J connectivity index is 1.58. The summed E-state index contributed by atoms with van der Waals surface area (Å²) in [4.78, 5) is 13.7. The zero-order valence-corrected chi connectivity index (χ0v) is 19.9. The minimum atomic E-state index is -0.201. The summed E-state index contributed by atoms with van der Waals surface area (Å²) >= 11 is 6.53. The number of nitrogens with zero attached hydrogens (tertiary/aromatic N) is 3. The van der Waals surface area contributed by atoms with Gasteiger partial charge in [0.05, 0.1) is 61.9 Å². The maximum atomic E-state index is 6.53. The first-order chi connectivity index (χ1) is 15.8. The topological polar surface area (TPSA) is 90.4 Å². The SMILES string of the molecule is C=CC(C)(C)N[C@H]1COC[C@H]1Nc1ncc2cc(-c3cc(OC)cc(OC)c3Cl)ncc2n1. The number of benzene rings is 1. The number of methoxy groups -OCH3 is 2. The molecule has 0 radical (unpaired) electrons. The van der Waals surface area contributed by atoms with Crippen molar-refractivity contribution in [1.82, 2.24) is 20.3 Å². The van der Waals surface area contributed by atoms with Gasteiger partial charge in [-0.2, -0.15) is 0 Å². The van der Waals surface area contributed by atoms with E-state index in [9.17, 15) is 0 Å². The average Bonchev–Trinajstić information content (AvgIpc) is 3.24. The van der Waals surface area contributed by atoms with Crippen LogP contribution in [0.25, 0.3) is 22.2 Å². The zero-order valence-electron chi connectivity index (χ0n) is 19.2. The Hall–Kier alpha value is -2.94. The lowest BCUT2D eigenvalue weighted by Crippen LogP contribution is -2.51. The van der Waals surface area contributed by atoms with E-state index >= 15 is 0 Å². The van der Waals surface area contributed by atoms with Crippen molar-refractivity contribution in [1.29, 1.82) is 0 Å². The molecule has 1 aliphatic rings. The molecule has 2 atom stereocenters. The van der Waals surface area contributed by atoms with E-state index in [1.807, 2.05) is 18.2 Å². The number of pyridine rings is 1. The van der Waals surface area contributed by atoms with E-state index < -0.39 is 0 Å². The predicted molar refractivity (Wildman–Crippen MR) is 130 cm³/mol. The molecule has 2 aromatic heterocycles. The van der Waals surface area contributed by atoms with Gasteiger partial charge in [0.1, 0.15) is 11.5 Å². The second kappa shape index (κ2) is 9.51. The Bertz CT molecular complexity index is 1170. The fraction of sp³-hybridized carbons (Fsp3) is 0.375. The standard InChI is InChI=1S/C24H28ClN5O3/c1-6-24(2,3)30-20-13-33-12-19(20)29-23-27-10-14-7-17(26-11-18(14)28-23)16-8-15(31-4)9-21(32-5)22(16)25/h6-11,19-20,30H,1,12-13H2,2-5H3,(H,27,28,29)/t19-,20+/m1/s1. The number of hydrogen-bond acceptors (Lipinski definition) is 8. The third-order valence-electron chi connectivity index (χ3n) is 5.67. The van der Waals surface area contributed by atoms with Gasteiger partial charge in [0.2, 0.25) is 5.95 Å². The summed E-state index contributed by atoms with van der Waals surface area (Å²) in [6.07, 6.45) is 5.37. The van der Waals surface area contributed by atoms with E-state index in [1.165, 1.54) is 0 Å². The molecule has 3 aromatic rings. The third kappa shape index (κ3) is 5.03. The molecule has 0 saturated carbocycles. The normalized spacial score (nSPS) is 18.3. The summed E-state index contributed by atoms with van der Waals surface area (Å²) in [6.45, 7) is 9.23. The van der Waals surface area contributed by atoms with Crippen LogP contribution in [0.1, 0.15) is 13.8 Å². The molecule has 0 spiro atoms. The Kier molecular flexibility index (Phi) is 6.69. The first kappa shape index (κ1) is 23.2. The molecular formula is C24H28ClN5O3. The monoisotopic (exact) mass is 469 g/mol. The second-order valence-electron chi connectivity index (χ2n) is 8.48. The van der Waals surface area contributed by atoms with Crippen molar-refractivity contribution in [2.45, 2.75) is 31.5 Å². The molecule has 1 aliphatic heterocycles. The van der Waals surface area contributed by atoms with Crippen molar-refractivity contribution in [2.24, 2.45) is 0 Å². The number of rotatable bonds is 8. The van der Waals surface area contributed by atoms with Gasteiger partial charge in [0.25, 0.3) is 0 Å².